The molecule has 3 aromatic heterocycles. The maximum atomic E-state index is 9.90. The van der Waals surface area contributed by atoms with E-state index in [9.17, 15) is 5.11 Å². The van der Waals surface area contributed by atoms with Crippen LogP contribution >= 0.6 is 11.3 Å². The Kier molecular flexibility index (Phi) is 2.78. The number of hydrogen-bond acceptors (Lipinski definition) is 6. The van der Waals surface area contributed by atoms with Crippen LogP contribution in [0.4, 0.5) is 0 Å². The van der Waals surface area contributed by atoms with Gasteiger partial charge in [0.15, 0.2) is 0 Å². The van der Waals surface area contributed by atoms with Crippen molar-refractivity contribution < 1.29 is 9.63 Å². The average Bonchev–Trinajstić information content (AvgIpc) is 3.17. The van der Waals surface area contributed by atoms with Crippen molar-refractivity contribution in [2.45, 2.75) is 31.3 Å². The molecule has 2 unspecified atom stereocenters. The van der Waals surface area contributed by atoms with E-state index in [2.05, 4.69) is 15.1 Å². The number of thiophene rings is 1. The lowest BCUT2D eigenvalue weighted by molar-refractivity contribution is 0.148. The van der Waals surface area contributed by atoms with Crippen LogP contribution in [0, 0.1) is 0 Å². The quantitative estimate of drug-likeness (QED) is 0.784. The van der Waals surface area contributed by atoms with E-state index in [0.29, 0.717) is 11.7 Å². The highest BCUT2D eigenvalue weighted by Crippen LogP contribution is 2.34. The lowest BCUT2D eigenvalue weighted by Gasteiger charge is -2.07. The molecule has 102 valence electrons. The molecule has 0 aromatic carbocycles. The summed E-state index contributed by atoms with van der Waals surface area (Å²) in [5.41, 5.74) is 1.83. The van der Waals surface area contributed by atoms with E-state index in [-0.39, 0.29) is 12.0 Å². The van der Waals surface area contributed by atoms with Gasteiger partial charge in [-0.05, 0) is 36.8 Å². The van der Waals surface area contributed by atoms with E-state index in [1.54, 1.807) is 17.5 Å². The van der Waals surface area contributed by atoms with E-state index in [0.717, 1.165) is 35.0 Å². The fourth-order valence-corrected chi connectivity index (χ4v) is 3.48. The van der Waals surface area contributed by atoms with Gasteiger partial charge >= 0.3 is 0 Å². The number of nitrogens with zero attached hydrogens (tertiary/aromatic N) is 3. The molecule has 0 radical (unpaired) electrons. The molecule has 1 saturated carbocycles. The van der Waals surface area contributed by atoms with Gasteiger partial charge in [-0.3, -0.25) is 4.98 Å². The zero-order valence-corrected chi connectivity index (χ0v) is 11.5. The van der Waals surface area contributed by atoms with E-state index in [1.165, 1.54) is 0 Å². The molecule has 1 fully saturated rings. The molecule has 5 nitrogen and oxygen atoms in total. The molecule has 0 amide bonds. The number of rotatable bonds is 2. The molecule has 3 heterocycles. The van der Waals surface area contributed by atoms with Crippen LogP contribution in [-0.2, 0) is 0 Å². The number of aliphatic hydroxyl groups is 1. The molecule has 1 aliphatic carbocycles. The van der Waals surface area contributed by atoms with Crippen LogP contribution < -0.4 is 0 Å². The molecule has 0 bridgehead atoms. The summed E-state index contributed by atoms with van der Waals surface area (Å²) in [6.45, 7) is 0. The Labute approximate surface area is 119 Å². The SMILES string of the molecule is OC1CCCC1c1nc(-c2cnc3ccsc3c2)no1. The molecule has 0 spiro atoms. The Morgan fingerprint density at radius 2 is 2.30 bits per heavy atom. The summed E-state index contributed by atoms with van der Waals surface area (Å²) < 4.78 is 6.43. The van der Waals surface area contributed by atoms with Gasteiger partial charge in [-0.2, -0.15) is 4.98 Å². The summed E-state index contributed by atoms with van der Waals surface area (Å²) in [5.74, 6) is 1.06. The van der Waals surface area contributed by atoms with Crippen molar-refractivity contribution in [1.29, 1.82) is 0 Å². The minimum Gasteiger partial charge on any atom is -0.392 e. The molecule has 2 atom stereocenters. The summed E-state index contributed by atoms with van der Waals surface area (Å²) in [4.78, 5) is 8.81. The Bertz CT molecular complexity index is 752. The van der Waals surface area contributed by atoms with Crippen molar-refractivity contribution in [2.75, 3.05) is 0 Å². The number of aromatic nitrogens is 3. The van der Waals surface area contributed by atoms with Gasteiger partial charge < -0.3 is 9.63 Å². The highest BCUT2D eigenvalue weighted by atomic mass is 32.1. The minimum absolute atomic E-state index is 0.0188. The van der Waals surface area contributed by atoms with Crippen LogP contribution in [0.3, 0.4) is 0 Å². The van der Waals surface area contributed by atoms with Crippen LogP contribution in [0.2, 0.25) is 0 Å². The summed E-state index contributed by atoms with van der Waals surface area (Å²) in [5, 5.41) is 15.9. The lowest BCUT2D eigenvalue weighted by Crippen LogP contribution is -2.11. The molecule has 20 heavy (non-hydrogen) atoms. The number of hydrogen-bond donors (Lipinski definition) is 1. The average molecular weight is 287 g/mol. The topological polar surface area (TPSA) is 72.0 Å². The maximum absolute atomic E-state index is 9.90. The molecule has 4 rings (SSSR count). The first-order valence-corrected chi connectivity index (χ1v) is 7.54. The monoisotopic (exact) mass is 287 g/mol. The Morgan fingerprint density at radius 3 is 3.15 bits per heavy atom. The third kappa shape index (κ3) is 1.92. The van der Waals surface area contributed by atoms with Crippen LogP contribution in [0.25, 0.3) is 21.6 Å². The normalized spacial score (nSPS) is 22.6. The van der Waals surface area contributed by atoms with E-state index >= 15 is 0 Å². The van der Waals surface area contributed by atoms with Gasteiger partial charge in [0, 0.05) is 11.8 Å². The minimum atomic E-state index is -0.360. The van der Waals surface area contributed by atoms with Gasteiger partial charge in [0.1, 0.15) is 0 Å². The first kappa shape index (κ1) is 12.0. The van der Waals surface area contributed by atoms with Crippen LogP contribution in [0.15, 0.2) is 28.2 Å². The van der Waals surface area contributed by atoms with Gasteiger partial charge in [-0.15, -0.1) is 11.3 Å². The third-order valence-corrected chi connectivity index (χ3v) is 4.65. The highest BCUT2D eigenvalue weighted by Gasteiger charge is 2.31. The standard InChI is InChI=1S/C14H13N3O2S/c18-11-3-1-2-9(11)14-16-13(17-19-14)8-6-12-10(15-7-8)4-5-20-12/h4-7,9,11,18H,1-3H2. The van der Waals surface area contributed by atoms with Gasteiger partial charge in [0.25, 0.3) is 0 Å². The van der Waals surface area contributed by atoms with Crippen molar-refractivity contribution in [2.24, 2.45) is 0 Å². The first-order chi connectivity index (χ1) is 9.81. The van der Waals surface area contributed by atoms with Crippen molar-refractivity contribution in [1.82, 2.24) is 15.1 Å². The zero-order valence-electron chi connectivity index (χ0n) is 10.7. The zero-order chi connectivity index (χ0) is 13.5. The Morgan fingerprint density at radius 1 is 1.35 bits per heavy atom. The summed E-state index contributed by atoms with van der Waals surface area (Å²) in [6.07, 6.45) is 4.12. The van der Waals surface area contributed by atoms with Crippen LogP contribution in [0.5, 0.6) is 0 Å². The second-order valence-electron chi connectivity index (χ2n) is 5.09. The molecule has 1 aliphatic rings. The fourth-order valence-electron chi connectivity index (χ4n) is 2.70. The molecule has 6 heteroatoms. The lowest BCUT2D eigenvalue weighted by atomic mass is 10.1. The molecular formula is C14H13N3O2S. The largest absolute Gasteiger partial charge is 0.392 e. The van der Waals surface area contributed by atoms with E-state index in [4.69, 9.17) is 4.52 Å². The Balaban J connectivity index is 1.70. The van der Waals surface area contributed by atoms with Crippen molar-refractivity contribution in [3.63, 3.8) is 0 Å². The molecule has 0 saturated heterocycles. The van der Waals surface area contributed by atoms with Crippen molar-refractivity contribution >= 4 is 21.6 Å². The predicted molar refractivity (Wildman–Crippen MR) is 75.5 cm³/mol. The molecular weight excluding hydrogens is 274 g/mol. The molecule has 0 aliphatic heterocycles. The van der Waals surface area contributed by atoms with Gasteiger partial charge in [-0.1, -0.05) is 5.16 Å². The van der Waals surface area contributed by atoms with Crippen molar-refractivity contribution in [3.05, 3.63) is 29.6 Å². The summed E-state index contributed by atoms with van der Waals surface area (Å²) in [6, 6.07) is 4.01. The number of fused-ring (bicyclic) bond motifs is 1. The molecule has 3 aromatic rings. The second-order valence-corrected chi connectivity index (χ2v) is 6.04. The maximum Gasteiger partial charge on any atom is 0.232 e. The van der Waals surface area contributed by atoms with E-state index in [1.807, 2.05) is 17.5 Å². The third-order valence-electron chi connectivity index (χ3n) is 3.80. The smallest absolute Gasteiger partial charge is 0.232 e. The number of pyridine rings is 1. The fraction of sp³-hybridized carbons (Fsp3) is 0.357. The second kappa shape index (κ2) is 4.64. The van der Waals surface area contributed by atoms with Crippen LogP contribution in [-0.4, -0.2) is 26.3 Å². The predicted octanol–water partition coefficient (Wildman–Crippen LogP) is 2.97. The van der Waals surface area contributed by atoms with Gasteiger partial charge in [0.2, 0.25) is 11.7 Å². The number of aliphatic hydroxyl groups excluding tert-OH is 1. The molecule has 1 N–H and O–H groups in total. The van der Waals surface area contributed by atoms with Gasteiger partial charge in [0.05, 0.1) is 22.2 Å². The summed E-state index contributed by atoms with van der Waals surface area (Å²) >= 11 is 1.64. The van der Waals surface area contributed by atoms with Crippen LogP contribution in [0.1, 0.15) is 31.1 Å². The Hall–Kier alpha value is -1.79. The summed E-state index contributed by atoms with van der Waals surface area (Å²) in [7, 11) is 0. The van der Waals surface area contributed by atoms with E-state index < -0.39 is 0 Å². The highest BCUT2D eigenvalue weighted by molar-refractivity contribution is 7.17. The first-order valence-electron chi connectivity index (χ1n) is 6.66. The van der Waals surface area contributed by atoms with Crippen molar-refractivity contribution in [3.8, 4) is 11.4 Å². The van der Waals surface area contributed by atoms with Gasteiger partial charge in [-0.25, -0.2) is 0 Å².